The summed E-state index contributed by atoms with van der Waals surface area (Å²) in [6, 6.07) is 15.0. The third-order valence-electron chi connectivity index (χ3n) is 5.50. The van der Waals surface area contributed by atoms with E-state index in [0.29, 0.717) is 18.5 Å². The molecule has 0 radical (unpaired) electrons. The Morgan fingerprint density at radius 2 is 1.76 bits per heavy atom. The van der Waals surface area contributed by atoms with E-state index in [1.54, 1.807) is 0 Å². The second-order valence-corrected chi connectivity index (χ2v) is 7.77. The lowest BCUT2D eigenvalue weighted by molar-refractivity contribution is -0.213. The van der Waals surface area contributed by atoms with Crippen LogP contribution in [0, 0.1) is 0 Å². The van der Waals surface area contributed by atoms with Gasteiger partial charge in [-0.05, 0) is 42.2 Å². The van der Waals surface area contributed by atoms with E-state index in [1.807, 2.05) is 30.3 Å². The van der Waals surface area contributed by atoms with Gasteiger partial charge in [-0.3, -0.25) is 4.79 Å². The smallest absolute Gasteiger partial charge is 0.489 e. The Bertz CT molecular complexity index is 1010. The molecule has 0 aliphatic carbocycles. The van der Waals surface area contributed by atoms with Gasteiger partial charge in [0.1, 0.15) is 12.4 Å². The van der Waals surface area contributed by atoms with Crippen LogP contribution in [0.4, 0.5) is 17.6 Å². The molecule has 34 heavy (non-hydrogen) atoms. The van der Waals surface area contributed by atoms with Crippen LogP contribution >= 0.6 is 0 Å². The van der Waals surface area contributed by atoms with Crippen molar-refractivity contribution in [3.05, 3.63) is 77.6 Å². The lowest BCUT2D eigenvalue weighted by atomic mass is 9.88. The van der Waals surface area contributed by atoms with Crippen molar-refractivity contribution in [3.8, 4) is 5.75 Å². The van der Waals surface area contributed by atoms with Crippen LogP contribution in [0.3, 0.4) is 0 Å². The summed E-state index contributed by atoms with van der Waals surface area (Å²) < 4.78 is 61.4. The average Bonchev–Trinajstić information content (AvgIpc) is 2.84. The van der Waals surface area contributed by atoms with E-state index in [2.05, 4.69) is 0 Å². The molecule has 0 aromatic heterocycles. The van der Waals surface area contributed by atoms with Crippen molar-refractivity contribution >= 4 is 11.9 Å². The predicted molar refractivity (Wildman–Crippen MR) is 116 cm³/mol. The molecule has 3 rings (SSSR count). The van der Waals surface area contributed by atoms with Crippen LogP contribution in [0.2, 0.25) is 0 Å². The first-order chi connectivity index (χ1) is 16.2. The first kappa shape index (κ1) is 25.2. The summed E-state index contributed by atoms with van der Waals surface area (Å²) >= 11 is 0. The number of alkyl halides is 3. The number of likely N-dealkylation sites (tertiary alicyclic amines) is 1. The number of piperidine rings is 1. The Balaban J connectivity index is 1.75. The highest BCUT2D eigenvalue weighted by Crippen LogP contribution is 2.34. The van der Waals surface area contributed by atoms with Gasteiger partial charge in [-0.1, -0.05) is 30.3 Å². The molecule has 182 valence electrons. The van der Waals surface area contributed by atoms with Crippen LogP contribution < -0.4 is 10.5 Å². The molecule has 6 nitrogen and oxygen atoms in total. The normalized spacial score (nSPS) is 19.0. The highest BCUT2D eigenvalue weighted by Gasteiger charge is 2.45. The number of rotatable bonds is 7. The third-order valence-corrected chi connectivity index (χ3v) is 5.50. The van der Waals surface area contributed by atoms with Gasteiger partial charge in [0.25, 0.3) is 5.91 Å². The van der Waals surface area contributed by atoms with Crippen molar-refractivity contribution in [3.63, 3.8) is 0 Å². The standard InChI is InChI=1S/C24H24F4N2O4/c25-13-16(14-29)15-33-20-8-6-18(7-9-20)22(31)30-11-10-19(17-4-2-1-3-5-17)12-21(30)34-23(32)24(26,27)28/h1-9,13,19,21H,10-12,14-15,29H2/b16-13-. The molecule has 1 aliphatic rings. The minimum Gasteiger partial charge on any atom is -0.489 e. The summed E-state index contributed by atoms with van der Waals surface area (Å²) in [5.41, 5.74) is 6.69. The predicted octanol–water partition coefficient (Wildman–Crippen LogP) is 4.33. The van der Waals surface area contributed by atoms with E-state index < -0.39 is 24.3 Å². The molecule has 0 bridgehead atoms. The van der Waals surface area contributed by atoms with Gasteiger partial charge in [-0.2, -0.15) is 13.2 Å². The van der Waals surface area contributed by atoms with E-state index in [-0.39, 0.29) is 43.2 Å². The van der Waals surface area contributed by atoms with Gasteiger partial charge in [0, 0.05) is 30.6 Å². The number of ether oxygens (including phenoxy) is 2. The molecule has 1 heterocycles. The van der Waals surface area contributed by atoms with Crippen LogP contribution in [-0.2, 0) is 9.53 Å². The number of hydrogen-bond donors (Lipinski definition) is 1. The van der Waals surface area contributed by atoms with Crippen molar-refractivity contribution in [2.75, 3.05) is 19.7 Å². The van der Waals surface area contributed by atoms with E-state index in [0.717, 1.165) is 10.5 Å². The second kappa shape index (κ2) is 11.1. The molecular weight excluding hydrogens is 456 g/mol. The van der Waals surface area contributed by atoms with Crippen molar-refractivity contribution in [2.45, 2.75) is 31.2 Å². The fourth-order valence-electron chi connectivity index (χ4n) is 3.66. The zero-order valence-corrected chi connectivity index (χ0v) is 18.1. The number of amides is 1. The zero-order valence-electron chi connectivity index (χ0n) is 18.1. The lowest BCUT2D eigenvalue weighted by Crippen LogP contribution is -2.49. The summed E-state index contributed by atoms with van der Waals surface area (Å²) in [5.74, 6) is -2.74. The fourth-order valence-corrected chi connectivity index (χ4v) is 3.66. The monoisotopic (exact) mass is 480 g/mol. The Morgan fingerprint density at radius 1 is 1.09 bits per heavy atom. The Hall–Kier alpha value is -3.40. The molecule has 0 saturated carbocycles. The molecule has 2 atom stereocenters. The maximum atomic E-state index is 13.1. The summed E-state index contributed by atoms with van der Waals surface area (Å²) in [7, 11) is 0. The number of nitrogens with two attached hydrogens (primary N) is 1. The summed E-state index contributed by atoms with van der Waals surface area (Å²) in [4.78, 5) is 25.8. The highest BCUT2D eigenvalue weighted by molar-refractivity contribution is 5.94. The molecule has 2 aromatic rings. The van der Waals surface area contributed by atoms with E-state index >= 15 is 0 Å². The first-order valence-corrected chi connectivity index (χ1v) is 10.6. The summed E-state index contributed by atoms with van der Waals surface area (Å²) in [5, 5.41) is 0. The molecule has 2 unspecified atom stereocenters. The quantitative estimate of drug-likeness (QED) is 0.471. The minimum absolute atomic E-state index is 0.00988. The first-order valence-electron chi connectivity index (χ1n) is 10.6. The minimum atomic E-state index is -5.18. The van der Waals surface area contributed by atoms with E-state index in [4.69, 9.17) is 15.2 Å². The van der Waals surface area contributed by atoms with E-state index in [9.17, 15) is 27.2 Å². The molecule has 1 amide bonds. The number of esters is 1. The summed E-state index contributed by atoms with van der Waals surface area (Å²) in [6.07, 6.45) is -5.66. The van der Waals surface area contributed by atoms with Gasteiger partial charge in [-0.25, -0.2) is 9.18 Å². The van der Waals surface area contributed by atoms with Gasteiger partial charge >= 0.3 is 12.1 Å². The molecule has 1 fully saturated rings. The van der Waals surface area contributed by atoms with Crippen molar-refractivity contribution < 1.29 is 36.6 Å². The van der Waals surface area contributed by atoms with Crippen LogP contribution in [0.1, 0.15) is 34.7 Å². The third kappa shape index (κ3) is 6.34. The van der Waals surface area contributed by atoms with Crippen LogP contribution in [0.5, 0.6) is 5.75 Å². The van der Waals surface area contributed by atoms with Gasteiger partial charge < -0.3 is 20.1 Å². The van der Waals surface area contributed by atoms with Gasteiger partial charge in [0.15, 0.2) is 6.23 Å². The molecule has 2 aromatic carbocycles. The Morgan fingerprint density at radius 3 is 2.35 bits per heavy atom. The number of halogens is 4. The SMILES string of the molecule is NC/C(=C/F)COc1ccc(C(=O)N2CCC(c3ccccc3)CC2OC(=O)C(F)(F)F)cc1. The van der Waals surface area contributed by atoms with Crippen LogP contribution in [-0.4, -0.2) is 48.9 Å². The van der Waals surface area contributed by atoms with Crippen molar-refractivity contribution in [2.24, 2.45) is 5.73 Å². The van der Waals surface area contributed by atoms with E-state index in [1.165, 1.54) is 24.3 Å². The lowest BCUT2D eigenvalue weighted by Gasteiger charge is -2.39. The molecule has 10 heteroatoms. The maximum Gasteiger partial charge on any atom is 0.491 e. The largest absolute Gasteiger partial charge is 0.491 e. The zero-order chi connectivity index (χ0) is 24.7. The number of carbonyl (C=O) groups is 2. The highest BCUT2D eigenvalue weighted by atomic mass is 19.4. The van der Waals surface area contributed by atoms with Gasteiger partial charge in [-0.15, -0.1) is 0 Å². The Labute approximate surface area is 193 Å². The van der Waals surface area contributed by atoms with Crippen molar-refractivity contribution in [1.29, 1.82) is 0 Å². The molecule has 0 spiro atoms. The number of nitrogens with zero attached hydrogens (tertiary/aromatic N) is 1. The van der Waals surface area contributed by atoms with Crippen molar-refractivity contribution in [1.82, 2.24) is 4.90 Å². The summed E-state index contributed by atoms with van der Waals surface area (Å²) in [6.45, 7) is 0.0282. The number of benzene rings is 2. The molecular formula is C24H24F4N2O4. The topological polar surface area (TPSA) is 81.9 Å². The van der Waals surface area contributed by atoms with Crippen LogP contribution in [0.25, 0.3) is 0 Å². The molecule has 1 saturated heterocycles. The second-order valence-electron chi connectivity index (χ2n) is 7.77. The maximum absolute atomic E-state index is 13.1. The fraction of sp³-hybridized carbons (Fsp3) is 0.333. The van der Waals surface area contributed by atoms with Crippen LogP contribution in [0.15, 0.2) is 66.5 Å². The van der Waals surface area contributed by atoms with Gasteiger partial charge in [0.2, 0.25) is 0 Å². The number of carbonyl (C=O) groups excluding carboxylic acids is 2. The molecule has 1 aliphatic heterocycles. The number of hydrogen-bond acceptors (Lipinski definition) is 5. The van der Waals surface area contributed by atoms with Gasteiger partial charge in [0.05, 0.1) is 6.33 Å². The molecule has 2 N–H and O–H groups in total. The Kier molecular flexibility index (Phi) is 8.27. The average molecular weight is 480 g/mol.